The zero-order chi connectivity index (χ0) is 4.69. The van der Waals surface area contributed by atoms with Crippen molar-refractivity contribution in [3.8, 4) is 0 Å². The van der Waals surface area contributed by atoms with E-state index in [1.165, 1.54) is 25.7 Å². The molecule has 2 fully saturated rings. The molecule has 0 heterocycles. The summed E-state index contributed by atoms with van der Waals surface area (Å²) in [7, 11) is 0. The normalized spacial score (nSPS) is 48.0. The highest BCUT2D eigenvalue weighted by atomic mass is 14.4. The Labute approximate surface area is 44.9 Å². The molecule has 0 spiro atoms. The highest BCUT2D eigenvalue weighted by Gasteiger charge is 2.31. The summed E-state index contributed by atoms with van der Waals surface area (Å²) in [5, 5.41) is 0. The Kier molecular flexibility index (Phi) is 0.697. The van der Waals surface area contributed by atoms with Crippen LogP contribution in [0.4, 0.5) is 0 Å². The first-order chi connectivity index (χ1) is 3.45. The molecule has 2 rings (SSSR count). The van der Waals surface area contributed by atoms with E-state index in [0.29, 0.717) is 0 Å². The predicted octanol–water partition coefficient (Wildman–Crippen LogP) is 1.89. The number of rotatable bonds is 0. The Hall–Kier alpha value is 0. The second-order valence-electron chi connectivity index (χ2n) is 2.72. The fourth-order valence-corrected chi connectivity index (χ4v) is 1.76. The lowest BCUT2D eigenvalue weighted by molar-refractivity contribution is 0.480. The lowest BCUT2D eigenvalue weighted by Gasteiger charge is -2.04. The summed E-state index contributed by atoms with van der Waals surface area (Å²) < 4.78 is 0. The maximum Gasteiger partial charge on any atom is -0.0106 e. The fraction of sp³-hybridized carbons (Fsp3) is 0.857. The van der Waals surface area contributed by atoms with E-state index in [0.717, 1.165) is 11.8 Å². The van der Waals surface area contributed by atoms with Crippen molar-refractivity contribution in [1.82, 2.24) is 0 Å². The van der Waals surface area contributed by atoms with Crippen LogP contribution in [0.3, 0.4) is 0 Å². The quantitative estimate of drug-likeness (QED) is 0.430. The lowest BCUT2D eigenvalue weighted by Crippen LogP contribution is -1.90. The highest BCUT2D eigenvalue weighted by Crippen LogP contribution is 2.42. The molecule has 2 saturated carbocycles. The van der Waals surface area contributed by atoms with E-state index < -0.39 is 0 Å². The molecule has 0 aromatic carbocycles. The number of hydrogen-bond acceptors (Lipinski definition) is 0. The molecule has 0 aliphatic heterocycles. The highest BCUT2D eigenvalue weighted by molar-refractivity contribution is 4.97. The van der Waals surface area contributed by atoms with Gasteiger partial charge in [-0.3, -0.25) is 0 Å². The Morgan fingerprint density at radius 3 is 1.43 bits per heavy atom. The van der Waals surface area contributed by atoms with E-state index in [1.54, 1.807) is 0 Å². The van der Waals surface area contributed by atoms with Gasteiger partial charge in [0.15, 0.2) is 0 Å². The average molecular weight is 94.2 g/mol. The molecule has 0 aromatic rings. The maximum absolute atomic E-state index is 3.53. The van der Waals surface area contributed by atoms with Crippen LogP contribution in [0.15, 0.2) is 0 Å². The van der Waals surface area contributed by atoms with E-state index in [4.69, 9.17) is 0 Å². The molecule has 2 radical (unpaired) electrons. The van der Waals surface area contributed by atoms with Crippen molar-refractivity contribution in [3.63, 3.8) is 0 Å². The molecule has 0 aromatic heterocycles. The topological polar surface area (TPSA) is 0 Å². The minimum Gasteiger partial charge on any atom is -0.0496 e. The third-order valence-corrected chi connectivity index (χ3v) is 2.20. The van der Waals surface area contributed by atoms with Crippen molar-refractivity contribution in [3.05, 3.63) is 6.42 Å². The lowest BCUT2D eigenvalue weighted by atomic mass is 10.0. The molecule has 0 saturated heterocycles. The molecule has 38 valence electrons. The van der Waals surface area contributed by atoms with Crippen LogP contribution in [0.5, 0.6) is 0 Å². The summed E-state index contributed by atoms with van der Waals surface area (Å²) in [4.78, 5) is 0. The van der Waals surface area contributed by atoms with Crippen molar-refractivity contribution in [2.45, 2.75) is 25.7 Å². The van der Waals surface area contributed by atoms with Gasteiger partial charge < -0.3 is 0 Å². The van der Waals surface area contributed by atoms with Gasteiger partial charge >= 0.3 is 0 Å². The number of fused-ring (bicyclic) bond motifs is 2. The molecule has 7 heavy (non-hydrogen) atoms. The molecule has 0 atom stereocenters. The summed E-state index contributed by atoms with van der Waals surface area (Å²) in [6, 6.07) is 0. The average Bonchev–Trinajstić information content (AvgIpc) is 2.22. The predicted molar refractivity (Wildman–Crippen MR) is 28.7 cm³/mol. The van der Waals surface area contributed by atoms with E-state index in [9.17, 15) is 0 Å². The first-order valence-corrected chi connectivity index (χ1v) is 3.21. The van der Waals surface area contributed by atoms with Crippen LogP contribution in [-0.2, 0) is 0 Å². The Balaban J connectivity index is 2.12. The third kappa shape index (κ3) is 0.490. The molecule has 0 nitrogen and oxygen atoms in total. The van der Waals surface area contributed by atoms with E-state index >= 15 is 0 Å². The second-order valence-corrected chi connectivity index (χ2v) is 2.72. The van der Waals surface area contributed by atoms with E-state index in [2.05, 4.69) is 6.42 Å². The standard InChI is InChI=1S/C7H10/c1-2-7-4-3-6(1)5-7/h6-7H,1-4H2. The molecule has 0 N–H and O–H groups in total. The van der Waals surface area contributed by atoms with Crippen LogP contribution in [0.25, 0.3) is 0 Å². The van der Waals surface area contributed by atoms with Gasteiger partial charge in [0.25, 0.3) is 0 Å². The number of hydrogen-bond donors (Lipinski definition) is 0. The van der Waals surface area contributed by atoms with Crippen LogP contribution < -0.4 is 0 Å². The van der Waals surface area contributed by atoms with Gasteiger partial charge in [-0.15, -0.1) is 0 Å². The second kappa shape index (κ2) is 1.24. The Bertz CT molecular complexity index is 58.1. The Morgan fingerprint density at radius 2 is 1.29 bits per heavy atom. The Morgan fingerprint density at radius 1 is 0.857 bits per heavy atom. The maximum atomic E-state index is 3.53. The first kappa shape index (κ1) is 3.94. The fourth-order valence-electron chi connectivity index (χ4n) is 1.76. The summed E-state index contributed by atoms with van der Waals surface area (Å²) in [6.45, 7) is 0. The van der Waals surface area contributed by atoms with Gasteiger partial charge in [0.1, 0.15) is 0 Å². The van der Waals surface area contributed by atoms with Crippen LogP contribution in [0.1, 0.15) is 25.7 Å². The zero-order valence-electron chi connectivity index (χ0n) is 4.48. The van der Waals surface area contributed by atoms with Gasteiger partial charge in [0, 0.05) is 0 Å². The van der Waals surface area contributed by atoms with Gasteiger partial charge in [-0.05, 0) is 43.9 Å². The summed E-state index contributed by atoms with van der Waals surface area (Å²) in [5.41, 5.74) is 0. The molecule has 2 bridgehead atoms. The third-order valence-electron chi connectivity index (χ3n) is 2.20. The van der Waals surface area contributed by atoms with Gasteiger partial charge in [0.2, 0.25) is 0 Å². The van der Waals surface area contributed by atoms with Crippen LogP contribution in [-0.4, -0.2) is 0 Å². The minimum atomic E-state index is 0.921. The summed E-state index contributed by atoms with van der Waals surface area (Å²) >= 11 is 0. The monoisotopic (exact) mass is 94.1 g/mol. The minimum absolute atomic E-state index is 0.921. The van der Waals surface area contributed by atoms with Crippen molar-refractivity contribution < 1.29 is 0 Å². The van der Waals surface area contributed by atoms with Crippen molar-refractivity contribution in [2.75, 3.05) is 0 Å². The van der Waals surface area contributed by atoms with E-state index in [-0.39, 0.29) is 0 Å². The summed E-state index contributed by atoms with van der Waals surface area (Å²) in [6.07, 6.45) is 9.32. The van der Waals surface area contributed by atoms with Gasteiger partial charge in [-0.25, -0.2) is 0 Å². The SMILES string of the molecule is [C]1C2CCC1CC2. The van der Waals surface area contributed by atoms with Gasteiger partial charge in [-0.2, -0.15) is 0 Å². The van der Waals surface area contributed by atoms with Crippen LogP contribution in [0, 0.1) is 18.3 Å². The van der Waals surface area contributed by atoms with Crippen molar-refractivity contribution in [1.29, 1.82) is 0 Å². The van der Waals surface area contributed by atoms with Gasteiger partial charge in [0.05, 0.1) is 0 Å². The molecular formula is C7H10. The molecule has 0 heteroatoms. The molecule has 0 amide bonds. The summed E-state index contributed by atoms with van der Waals surface area (Å²) in [5.74, 6) is 1.84. The van der Waals surface area contributed by atoms with Crippen molar-refractivity contribution >= 4 is 0 Å². The molecule has 2 aliphatic carbocycles. The van der Waals surface area contributed by atoms with E-state index in [1.807, 2.05) is 0 Å². The largest absolute Gasteiger partial charge is 0.0496 e. The van der Waals surface area contributed by atoms with Crippen LogP contribution >= 0.6 is 0 Å². The van der Waals surface area contributed by atoms with Gasteiger partial charge in [-0.1, -0.05) is 0 Å². The first-order valence-electron chi connectivity index (χ1n) is 3.21. The molecule has 0 unspecified atom stereocenters. The molecule has 2 aliphatic rings. The zero-order valence-corrected chi connectivity index (χ0v) is 4.48. The van der Waals surface area contributed by atoms with Crippen LogP contribution in [0.2, 0.25) is 0 Å². The smallest absolute Gasteiger partial charge is 0.0106 e. The van der Waals surface area contributed by atoms with Crippen molar-refractivity contribution in [2.24, 2.45) is 11.8 Å². The molecular weight excluding hydrogens is 84.1 g/mol.